The van der Waals surface area contributed by atoms with Crippen molar-refractivity contribution in [1.29, 1.82) is 0 Å². The van der Waals surface area contributed by atoms with Gasteiger partial charge in [-0.05, 0) is 12.1 Å². The van der Waals surface area contributed by atoms with Crippen molar-refractivity contribution in [3.05, 3.63) is 46.4 Å². The van der Waals surface area contributed by atoms with E-state index in [9.17, 15) is 4.79 Å². The molecule has 0 aliphatic rings. The van der Waals surface area contributed by atoms with Gasteiger partial charge in [0.2, 0.25) is 5.91 Å². The molecule has 1 amide bonds. The molecule has 0 saturated heterocycles. The SMILES string of the molecule is CN(C(=O)CCc1nc(C(C)(C)C)cs1)c1ccccc1. The molecule has 0 bridgehead atoms. The highest BCUT2D eigenvalue weighted by Gasteiger charge is 2.18. The van der Waals surface area contributed by atoms with Gasteiger partial charge in [0.05, 0.1) is 10.7 Å². The highest BCUT2D eigenvalue weighted by atomic mass is 32.1. The maximum atomic E-state index is 12.2. The van der Waals surface area contributed by atoms with Gasteiger partial charge < -0.3 is 4.90 Å². The van der Waals surface area contributed by atoms with E-state index < -0.39 is 0 Å². The van der Waals surface area contributed by atoms with Crippen molar-refractivity contribution in [2.75, 3.05) is 11.9 Å². The molecular formula is C17H22N2OS. The predicted molar refractivity (Wildman–Crippen MR) is 89.0 cm³/mol. The Morgan fingerprint density at radius 3 is 2.48 bits per heavy atom. The Morgan fingerprint density at radius 2 is 1.90 bits per heavy atom. The second-order valence-corrected chi connectivity index (χ2v) is 7.11. The second-order valence-electron chi connectivity index (χ2n) is 6.16. The van der Waals surface area contributed by atoms with Crippen LogP contribution in [0, 0.1) is 0 Å². The molecular weight excluding hydrogens is 280 g/mol. The van der Waals surface area contributed by atoms with E-state index in [-0.39, 0.29) is 11.3 Å². The van der Waals surface area contributed by atoms with Crippen molar-refractivity contribution in [2.24, 2.45) is 0 Å². The van der Waals surface area contributed by atoms with Crippen LogP contribution in [-0.2, 0) is 16.6 Å². The number of aromatic nitrogens is 1. The van der Waals surface area contributed by atoms with Gasteiger partial charge in [0.1, 0.15) is 0 Å². The van der Waals surface area contributed by atoms with Crippen LogP contribution in [0.5, 0.6) is 0 Å². The third-order valence-corrected chi connectivity index (χ3v) is 4.30. The Hall–Kier alpha value is -1.68. The van der Waals surface area contributed by atoms with E-state index in [2.05, 4.69) is 31.1 Å². The van der Waals surface area contributed by atoms with Crippen LogP contribution in [0.25, 0.3) is 0 Å². The summed E-state index contributed by atoms with van der Waals surface area (Å²) in [6, 6.07) is 9.72. The lowest BCUT2D eigenvalue weighted by atomic mass is 9.93. The monoisotopic (exact) mass is 302 g/mol. The summed E-state index contributed by atoms with van der Waals surface area (Å²) in [6.45, 7) is 6.46. The molecule has 2 rings (SSSR count). The molecule has 0 fully saturated rings. The molecule has 4 heteroatoms. The normalized spacial score (nSPS) is 11.4. The van der Waals surface area contributed by atoms with Crippen molar-refractivity contribution in [3.8, 4) is 0 Å². The van der Waals surface area contributed by atoms with Crippen molar-refractivity contribution in [3.63, 3.8) is 0 Å². The lowest BCUT2D eigenvalue weighted by Gasteiger charge is -2.17. The average Bonchev–Trinajstić information content (AvgIpc) is 2.94. The van der Waals surface area contributed by atoms with Crippen LogP contribution in [0.15, 0.2) is 35.7 Å². The molecule has 0 atom stereocenters. The van der Waals surface area contributed by atoms with Gasteiger partial charge in [-0.3, -0.25) is 4.79 Å². The molecule has 0 radical (unpaired) electrons. The van der Waals surface area contributed by atoms with Crippen molar-refractivity contribution in [1.82, 2.24) is 4.98 Å². The fourth-order valence-corrected chi connectivity index (χ4v) is 2.97. The van der Waals surface area contributed by atoms with Gasteiger partial charge in [0, 0.05) is 36.4 Å². The molecule has 0 aliphatic heterocycles. The number of anilines is 1. The summed E-state index contributed by atoms with van der Waals surface area (Å²) < 4.78 is 0. The van der Waals surface area contributed by atoms with Crippen molar-refractivity contribution in [2.45, 2.75) is 39.0 Å². The molecule has 0 N–H and O–H groups in total. The van der Waals surface area contributed by atoms with E-state index in [0.717, 1.165) is 16.4 Å². The number of carbonyl (C=O) groups is 1. The predicted octanol–water partition coefficient (Wildman–Crippen LogP) is 4.04. The second kappa shape index (κ2) is 6.39. The molecule has 0 unspecified atom stereocenters. The number of carbonyl (C=O) groups excluding carboxylic acids is 1. The van der Waals surface area contributed by atoms with Crippen LogP contribution in [0.4, 0.5) is 5.69 Å². The zero-order valence-electron chi connectivity index (χ0n) is 13.1. The van der Waals surface area contributed by atoms with Gasteiger partial charge in [-0.1, -0.05) is 39.0 Å². The largest absolute Gasteiger partial charge is 0.315 e. The number of nitrogens with zero attached hydrogens (tertiary/aromatic N) is 2. The van der Waals surface area contributed by atoms with Gasteiger partial charge in [0.15, 0.2) is 0 Å². The zero-order valence-corrected chi connectivity index (χ0v) is 13.9. The third kappa shape index (κ3) is 4.14. The minimum Gasteiger partial charge on any atom is -0.315 e. The van der Waals surface area contributed by atoms with Crippen molar-refractivity contribution >= 4 is 22.9 Å². The third-order valence-electron chi connectivity index (χ3n) is 3.39. The van der Waals surface area contributed by atoms with Crippen LogP contribution in [0.3, 0.4) is 0 Å². The highest BCUT2D eigenvalue weighted by Crippen LogP contribution is 2.24. The lowest BCUT2D eigenvalue weighted by Crippen LogP contribution is -2.26. The number of thiazole rings is 1. The van der Waals surface area contributed by atoms with E-state index in [1.54, 1.807) is 16.2 Å². The minimum atomic E-state index is 0.0690. The summed E-state index contributed by atoms with van der Waals surface area (Å²) in [5.74, 6) is 0.119. The van der Waals surface area contributed by atoms with Crippen molar-refractivity contribution < 1.29 is 4.79 Å². The van der Waals surface area contributed by atoms with Crippen LogP contribution in [-0.4, -0.2) is 17.9 Å². The van der Waals surface area contributed by atoms with Gasteiger partial charge in [-0.15, -0.1) is 11.3 Å². The number of amides is 1. The van der Waals surface area contributed by atoms with E-state index in [1.807, 2.05) is 37.4 Å². The topological polar surface area (TPSA) is 33.2 Å². The fourth-order valence-electron chi connectivity index (χ4n) is 1.95. The molecule has 0 aliphatic carbocycles. The molecule has 1 aromatic heterocycles. The summed E-state index contributed by atoms with van der Waals surface area (Å²) >= 11 is 1.64. The quantitative estimate of drug-likeness (QED) is 0.854. The molecule has 1 heterocycles. The number of hydrogen-bond acceptors (Lipinski definition) is 3. The number of hydrogen-bond donors (Lipinski definition) is 0. The minimum absolute atomic E-state index is 0.0690. The Bertz CT molecular complexity index is 599. The Morgan fingerprint density at radius 1 is 1.24 bits per heavy atom. The number of rotatable bonds is 4. The number of aryl methyl sites for hydroxylation is 1. The zero-order chi connectivity index (χ0) is 15.5. The molecule has 112 valence electrons. The first-order valence-corrected chi connectivity index (χ1v) is 8.02. The highest BCUT2D eigenvalue weighted by molar-refractivity contribution is 7.09. The number of para-hydroxylation sites is 1. The van der Waals surface area contributed by atoms with Crippen LogP contribution < -0.4 is 4.90 Å². The molecule has 2 aromatic rings. The van der Waals surface area contributed by atoms with Gasteiger partial charge in [-0.25, -0.2) is 4.98 Å². The van der Waals surface area contributed by atoms with Gasteiger partial charge >= 0.3 is 0 Å². The molecule has 3 nitrogen and oxygen atoms in total. The van der Waals surface area contributed by atoms with E-state index in [0.29, 0.717) is 12.8 Å². The van der Waals surface area contributed by atoms with E-state index in [1.165, 1.54) is 0 Å². The van der Waals surface area contributed by atoms with E-state index in [4.69, 9.17) is 0 Å². The molecule has 0 spiro atoms. The number of benzene rings is 1. The Balaban J connectivity index is 1.94. The first-order chi connectivity index (χ1) is 9.88. The first kappa shape index (κ1) is 15.7. The summed E-state index contributed by atoms with van der Waals surface area (Å²) in [6.07, 6.45) is 1.19. The molecule has 0 saturated carbocycles. The summed E-state index contributed by atoms with van der Waals surface area (Å²) in [4.78, 5) is 18.6. The Kier molecular flexibility index (Phi) is 4.78. The summed E-state index contributed by atoms with van der Waals surface area (Å²) in [5, 5.41) is 3.13. The average molecular weight is 302 g/mol. The first-order valence-electron chi connectivity index (χ1n) is 7.14. The smallest absolute Gasteiger partial charge is 0.227 e. The Labute approximate surface area is 130 Å². The van der Waals surface area contributed by atoms with E-state index >= 15 is 0 Å². The fraction of sp³-hybridized carbons (Fsp3) is 0.412. The summed E-state index contributed by atoms with van der Waals surface area (Å²) in [7, 11) is 1.82. The van der Waals surface area contributed by atoms with Crippen LogP contribution >= 0.6 is 11.3 Å². The van der Waals surface area contributed by atoms with Gasteiger partial charge in [0.25, 0.3) is 0 Å². The standard InChI is InChI=1S/C17H22N2OS/c1-17(2,3)14-12-21-15(18-14)10-11-16(20)19(4)13-8-6-5-7-9-13/h5-9,12H,10-11H2,1-4H3. The van der Waals surface area contributed by atoms with Crippen LogP contribution in [0.1, 0.15) is 37.9 Å². The summed E-state index contributed by atoms with van der Waals surface area (Å²) in [5.41, 5.74) is 2.10. The maximum absolute atomic E-state index is 12.2. The maximum Gasteiger partial charge on any atom is 0.227 e. The van der Waals surface area contributed by atoms with Gasteiger partial charge in [-0.2, -0.15) is 0 Å². The van der Waals surface area contributed by atoms with Crippen LogP contribution in [0.2, 0.25) is 0 Å². The molecule has 1 aromatic carbocycles. The molecule has 21 heavy (non-hydrogen) atoms. The lowest BCUT2D eigenvalue weighted by molar-refractivity contribution is -0.118.